The van der Waals surface area contributed by atoms with Gasteiger partial charge in [-0.05, 0) is 48.7 Å². The molecule has 0 saturated heterocycles. The Hall–Kier alpha value is -3.74. The third-order valence-corrected chi connectivity index (χ3v) is 4.76. The Kier molecular flexibility index (Phi) is 6.97. The highest BCUT2D eigenvalue weighted by atomic mass is 16.5. The van der Waals surface area contributed by atoms with Gasteiger partial charge in [0.05, 0.1) is 26.9 Å². The number of nitrogens with zero attached hydrogens (tertiary/aromatic N) is 1. The molecular weight excluding hydrogens is 396 g/mol. The van der Waals surface area contributed by atoms with Crippen LogP contribution < -0.4 is 24.3 Å². The van der Waals surface area contributed by atoms with Crippen molar-refractivity contribution in [1.82, 2.24) is 10.3 Å². The molecule has 7 heteroatoms. The Bertz CT molecular complexity index is 1060. The standard InChI is InChI=1S/C24H26N2O5/c1-15-6-7-16(2)20(12-15)31-21-11-8-17(13-25-21)14-26-24(27)18-9-10-19(28-3)23(30-5)22(18)29-4/h6-13H,14H2,1-5H3,(H,26,27). The molecule has 7 nitrogen and oxygen atoms in total. The van der Waals surface area contributed by atoms with Crippen molar-refractivity contribution in [2.45, 2.75) is 20.4 Å². The largest absolute Gasteiger partial charge is 0.493 e. The van der Waals surface area contributed by atoms with E-state index in [9.17, 15) is 4.79 Å². The van der Waals surface area contributed by atoms with Crippen molar-refractivity contribution < 1.29 is 23.7 Å². The van der Waals surface area contributed by atoms with Crippen LogP contribution >= 0.6 is 0 Å². The van der Waals surface area contributed by atoms with Crippen molar-refractivity contribution in [2.75, 3.05) is 21.3 Å². The van der Waals surface area contributed by atoms with Crippen LogP contribution in [0, 0.1) is 13.8 Å². The molecule has 0 aliphatic carbocycles. The Morgan fingerprint density at radius 1 is 0.903 bits per heavy atom. The fourth-order valence-electron chi connectivity index (χ4n) is 3.06. The predicted molar refractivity (Wildman–Crippen MR) is 117 cm³/mol. The van der Waals surface area contributed by atoms with E-state index < -0.39 is 0 Å². The first kappa shape index (κ1) is 22.0. The van der Waals surface area contributed by atoms with Crippen LogP contribution in [0.15, 0.2) is 48.7 Å². The number of carbonyl (C=O) groups is 1. The number of hydrogen-bond acceptors (Lipinski definition) is 6. The number of carbonyl (C=O) groups excluding carboxylic acids is 1. The van der Waals surface area contributed by atoms with E-state index in [1.165, 1.54) is 21.3 Å². The second kappa shape index (κ2) is 9.84. The summed E-state index contributed by atoms with van der Waals surface area (Å²) in [5.74, 6) is 2.13. The lowest BCUT2D eigenvalue weighted by molar-refractivity contribution is 0.0947. The topological polar surface area (TPSA) is 78.9 Å². The van der Waals surface area contributed by atoms with Gasteiger partial charge in [0, 0.05) is 18.8 Å². The van der Waals surface area contributed by atoms with E-state index >= 15 is 0 Å². The summed E-state index contributed by atoms with van der Waals surface area (Å²) in [7, 11) is 4.50. The zero-order valence-electron chi connectivity index (χ0n) is 18.3. The lowest BCUT2D eigenvalue weighted by Crippen LogP contribution is -2.23. The van der Waals surface area contributed by atoms with E-state index in [-0.39, 0.29) is 5.91 Å². The molecule has 0 bridgehead atoms. The summed E-state index contributed by atoms with van der Waals surface area (Å²) in [5.41, 5.74) is 3.34. The minimum Gasteiger partial charge on any atom is -0.493 e. The zero-order valence-corrected chi connectivity index (χ0v) is 18.3. The van der Waals surface area contributed by atoms with Crippen LogP contribution in [0.4, 0.5) is 0 Å². The molecule has 0 aliphatic heterocycles. The SMILES string of the molecule is COc1ccc(C(=O)NCc2ccc(Oc3cc(C)ccc3C)nc2)c(OC)c1OC. The fraction of sp³-hybridized carbons (Fsp3) is 0.250. The Labute approximate surface area is 181 Å². The van der Waals surface area contributed by atoms with Crippen LogP contribution in [-0.2, 0) is 6.54 Å². The molecule has 0 fully saturated rings. The Balaban J connectivity index is 1.68. The number of pyridine rings is 1. The van der Waals surface area contributed by atoms with Crippen LogP contribution in [0.1, 0.15) is 27.0 Å². The van der Waals surface area contributed by atoms with Crippen LogP contribution in [0.25, 0.3) is 0 Å². The summed E-state index contributed by atoms with van der Waals surface area (Å²) in [6, 6.07) is 13.0. The van der Waals surface area contributed by atoms with Gasteiger partial charge in [-0.15, -0.1) is 0 Å². The molecule has 1 heterocycles. The van der Waals surface area contributed by atoms with Gasteiger partial charge in [0.15, 0.2) is 11.5 Å². The predicted octanol–water partition coefficient (Wildman–Crippen LogP) is 4.45. The van der Waals surface area contributed by atoms with Gasteiger partial charge >= 0.3 is 0 Å². The molecule has 0 spiro atoms. The van der Waals surface area contributed by atoms with Gasteiger partial charge in [-0.1, -0.05) is 18.2 Å². The quantitative estimate of drug-likeness (QED) is 0.578. The van der Waals surface area contributed by atoms with Gasteiger partial charge in [-0.3, -0.25) is 4.79 Å². The highest BCUT2D eigenvalue weighted by Gasteiger charge is 2.20. The van der Waals surface area contributed by atoms with Crippen molar-refractivity contribution in [3.63, 3.8) is 0 Å². The first-order chi connectivity index (χ1) is 15.0. The summed E-state index contributed by atoms with van der Waals surface area (Å²) >= 11 is 0. The van der Waals surface area contributed by atoms with E-state index in [4.69, 9.17) is 18.9 Å². The molecule has 31 heavy (non-hydrogen) atoms. The number of methoxy groups -OCH3 is 3. The Morgan fingerprint density at radius 3 is 2.32 bits per heavy atom. The highest BCUT2D eigenvalue weighted by Crippen LogP contribution is 2.39. The number of ether oxygens (including phenoxy) is 4. The molecule has 0 aliphatic rings. The van der Waals surface area contributed by atoms with Crippen LogP contribution in [0.3, 0.4) is 0 Å². The van der Waals surface area contributed by atoms with E-state index in [0.29, 0.717) is 35.2 Å². The average Bonchev–Trinajstić information content (AvgIpc) is 2.79. The summed E-state index contributed by atoms with van der Waals surface area (Å²) in [5, 5.41) is 2.87. The molecule has 1 aromatic heterocycles. The minimum atomic E-state index is -0.298. The number of nitrogens with one attached hydrogen (secondary N) is 1. The molecule has 162 valence electrons. The van der Waals surface area contributed by atoms with Crippen molar-refractivity contribution in [1.29, 1.82) is 0 Å². The van der Waals surface area contributed by atoms with E-state index in [2.05, 4.69) is 10.3 Å². The van der Waals surface area contributed by atoms with Crippen molar-refractivity contribution in [3.8, 4) is 28.9 Å². The third kappa shape index (κ3) is 5.06. The van der Waals surface area contributed by atoms with Gasteiger partial charge < -0.3 is 24.3 Å². The molecule has 0 radical (unpaired) electrons. The fourth-order valence-corrected chi connectivity index (χ4v) is 3.06. The van der Waals surface area contributed by atoms with Gasteiger partial charge in [-0.25, -0.2) is 4.98 Å². The second-order valence-corrected chi connectivity index (χ2v) is 6.94. The number of aromatic nitrogens is 1. The number of benzene rings is 2. The zero-order chi connectivity index (χ0) is 22.4. The van der Waals surface area contributed by atoms with Crippen molar-refractivity contribution in [2.24, 2.45) is 0 Å². The van der Waals surface area contributed by atoms with Crippen LogP contribution in [-0.4, -0.2) is 32.2 Å². The maximum Gasteiger partial charge on any atom is 0.255 e. The summed E-state index contributed by atoms with van der Waals surface area (Å²) < 4.78 is 21.8. The maximum atomic E-state index is 12.7. The van der Waals surface area contributed by atoms with Crippen molar-refractivity contribution >= 4 is 5.91 Å². The van der Waals surface area contributed by atoms with Gasteiger partial charge in [0.25, 0.3) is 5.91 Å². The average molecular weight is 422 g/mol. The lowest BCUT2D eigenvalue weighted by Gasteiger charge is -2.15. The molecule has 1 N–H and O–H groups in total. The minimum absolute atomic E-state index is 0.298. The summed E-state index contributed by atoms with van der Waals surface area (Å²) in [6.45, 7) is 4.30. The summed E-state index contributed by atoms with van der Waals surface area (Å²) in [4.78, 5) is 17.1. The van der Waals surface area contributed by atoms with Gasteiger partial charge in [0.1, 0.15) is 5.75 Å². The molecule has 1 amide bonds. The second-order valence-electron chi connectivity index (χ2n) is 6.94. The molecule has 3 aromatic rings. The van der Waals surface area contributed by atoms with Crippen molar-refractivity contribution in [3.05, 3.63) is 70.9 Å². The molecule has 3 rings (SSSR count). The molecule has 0 unspecified atom stereocenters. The lowest BCUT2D eigenvalue weighted by atomic mass is 10.1. The van der Waals surface area contributed by atoms with Gasteiger partial charge in [0.2, 0.25) is 11.6 Å². The molecule has 0 saturated carbocycles. The number of amides is 1. The smallest absolute Gasteiger partial charge is 0.255 e. The first-order valence-electron chi connectivity index (χ1n) is 9.74. The van der Waals surface area contributed by atoms with E-state index in [1.54, 1.807) is 24.4 Å². The summed E-state index contributed by atoms with van der Waals surface area (Å²) in [6.07, 6.45) is 1.67. The highest BCUT2D eigenvalue weighted by molar-refractivity contribution is 5.98. The monoisotopic (exact) mass is 422 g/mol. The maximum absolute atomic E-state index is 12.7. The molecule has 2 aromatic carbocycles. The van der Waals surface area contributed by atoms with Gasteiger partial charge in [-0.2, -0.15) is 0 Å². The third-order valence-electron chi connectivity index (χ3n) is 4.76. The number of hydrogen-bond donors (Lipinski definition) is 1. The normalized spacial score (nSPS) is 10.4. The molecular formula is C24H26N2O5. The Morgan fingerprint density at radius 2 is 1.68 bits per heavy atom. The first-order valence-corrected chi connectivity index (χ1v) is 9.74. The van der Waals surface area contributed by atoms with Crippen LogP contribution in [0.5, 0.6) is 28.9 Å². The number of rotatable bonds is 8. The van der Waals surface area contributed by atoms with E-state index in [1.807, 2.05) is 38.1 Å². The molecule has 0 atom stereocenters. The van der Waals surface area contributed by atoms with E-state index in [0.717, 1.165) is 22.4 Å². The van der Waals surface area contributed by atoms with Crippen LogP contribution in [0.2, 0.25) is 0 Å². The number of aryl methyl sites for hydroxylation is 2.